The van der Waals surface area contributed by atoms with Gasteiger partial charge in [0.15, 0.2) is 11.5 Å². The minimum Gasteiger partial charge on any atom is -0.480 e. The van der Waals surface area contributed by atoms with Crippen molar-refractivity contribution in [3.8, 4) is 11.5 Å². The molecule has 146 valence electrons. The number of aliphatic carboxylic acids is 1. The van der Waals surface area contributed by atoms with Crippen LogP contribution in [-0.2, 0) is 20.8 Å². The maximum Gasteiger partial charge on any atom is 0.326 e. The number of anilines is 1. The number of carboxylic acids is 1. The maximum absolute atomic E-state index is 12.6. The van der Waals surface area contributed by atoms with Crippen molar-refractivity contribution >= 4 is 23.5 Å². The van der Waals surface area contributed by atoms with Gasteiger partial charge in [-0.15, -0.1) is 0 Å². The summed E-state index contributed by atoms with van der Waals surface area (Å²) in [4.78, 5) is 44.6. The predicted molar refractivity (Wildman–Crippen MR) is 94.9 cm³/mol. The van der Waals surface area contributed by atoms with Crippen LogP contribution in [0.15, 0.2) is 30.7 Å². The van der Waals surface area contributed by atoms with Crippen molar-refractivity contribution in [3.05, 3.63) is 36.4 Å². The largest absolute Gasteiger partial charge is 0.480 e. The lowest BCUT2D eigenvalue weighted by atomic mass is 10.1. The molecule has 2 atom stereocenters. The lowest BCUT2D eigenvalue weighted by Crippen LogP contribution is -2.45. The number of aromatic amines is 1. The molecule has 0 saturated carbocycles. The van der Waals surface area contributed by atoms with E-state index in [9.17, 15) is 19.5 Å². The van der Waals surface area contributed by atoms with E-state index in [1.165, 1.54) is 17.4 Å². The number of aromatic nitrogens is 2. The number of fused-ring (bicyclic) bond motifs is 1. The number of carbonyl (C=O) groups excluding carboxylic acids is 2. The van der Waals surface area contributed by atoms with Gasteiger partial charge in [-0.3, -0.25) is 9.59 Å². The molecule has 0 bridgehead atoms. The van der Waals surface area contributed by atoms with Crippen LogP contribution in [0.1, 0.15) is 12.1 Å². The highest BCUT2D eigenvalue weighted by Gasteiger charge is 2.37. The SMILES string of the molecule is O=C(NC(Cc1cnc[nH]1)C(=O)O)C1CC(=O)N(c2ccc3c(c2)OCO3)C1. The topological polar surface area (TPSA) is 134 Å². The molecule has 1 aromatic carbocycles. The van der Waals surface area contributed by atoms with Crippen LogP contribution in [0.5, 0.6) is 11.5 Å². The van der Waals surface area contributed by atoms with Gasteiger partial charge in [-0.25, -0.2) is 9.78 Å². The first kappa shape index (κ1) is 17.8. The molecule has 2 aromatic rings. The summed E-state index contributed by atoms with van der Waals surface area (Å²) >= 11 is 0. The fourth-order valence-electron chi connectivity index (χ4n) is 3.29. The van der Waals surface area contributed by atoms with E-state index in [2.05, 4.69) is 15.3 Å². The molecule has 2 aliphatic rings. The summed E-state index contributed by atoms with van der Waals surface area (Å²) < 4.78 is 10.6. The third kappa shape index (κ3) is 3.48. The number of H-pyrrole nitrogens is 1. The van der Waals surface area contributed by atoms with Crippen LogP contribution in [0.2, 0.25) is 0 Å². The van der Waals surface area contributed by atoms with E-state index in [-0.39, 0.29) is 32.1 Å². The average Bonchev–Trinajstić information content (AvgIpc) is 3.40. The van der Waals surface area contributed by atoms with Gasteiger partial charge in [0.1, 0.15) is 6.04 Å². The molecule has 2 aliphatic heterocycles. The van der Waals surface area contributed by atoms with Gasteiger partial charge in [0, 0.05) is 43.0 Å². The zero-order valence-corrected chi connectivity index (χ0v) is 14.8. The molecule has 28 heavy (non-hydrogen) atoms. The van der Waals surface area contributed by atoms with Crippen molar-refractivity contribution < 1.29 is 29.0 Å². The monoisotopic (exact) mass is 386 g/mol. The standard InChI is InChI=1S/C18H18N4O6/c23-16-3-10(7-22(16)12-1-2-14-15(5-12)28-9-27-14)17(24)21-13(18(25)26)4-11-6-19-8-20-11/h1-2,5-6,8,10,13H,3-4,7,9H2,(H,19,20)(H,21,24)(H,25,26). The van der Waals surface area contributed by atoms with Crippen molar-refractivity contribution in [1.29, 1.82) is 0 Å². The van der Waals surface area contributed by atoms with Gasteiger partial charge in [-0.05, 0) is 12.1 Å². The van der Waals surface area contributed by atoms with Gasteiger partial charge in [0.2, 0.25) is 18.6 Å². The van der Waals surface area contributed by atoms with Crippen molar-refractivity contribution in [2.75, 3.05) is 18.2 Å². The predicted octanol–water partition coefficient (Wildman–Crippen LogP) is 0.303. The van der Waals surface area contributed by atoms with Crippen LogP contribution < -0.4 is 19.7 Å². The highest BCUT2D eigenvalue weighted by molar-refractivity contribution is 6.01. The number of rotatable bonds is 6. The second-order valence-corrected chi connectivity index (χ2v) is 6.62. The molecule has 1 fully saturated rings. The smallest absolute Gasteiger partial charge is 0.326 e. The molecule has 10 nitrogen and oxygen atoms in total. The van der Waals surface area contributed by atoms with Crippen LogP contribution in [0.4, 0.5) is 5.69 Å². The molecule has 1 aromatic heterocycles. The van der Waals surface area contributed by atoms with E-state index in [0.717, 1.165) is 0 Å². The molecule has 3 N–H and O–H groups in total. The fourth-order valence-corrected chi connectivity index (χ4v) is 3.29. The van der Waals surface area contributed by atoms with E-state index in [0.29, 0.717) is 22.9 Å². The molecule has 3 heterocycles. The first-order valence-corrected chi connectivity index (χ1v) is 8.71. The van der Waals surface area contributed by atoms with Gasteiger partial charge >= 0.3 is 5.97 Å². The lowest BCUT2D eigenvalue weighted by molar-refractivity contribution is -0.142. The first-order valence-electron chi connectivity index (χ1n) is 8.71. The Kier molecular flexibility index (Phi) is 4.60. The molecule has 0 aliphatic carbocycles. The average molecular weight is 386 g/mol. The number of carbonyl (C=O) groups is 3. The molecule has 0 radical (unpaired) electrons. The Labute approximate surface area is 159 Å². The number of amides is 2. The number of nitrogens with zero attached hydrogens (tertiary/aromatic N) is 2. The number of imidazole rings is 1. The Balaban J connectivity index is 1.42. The van der Waals surface area contributed by atoms with Crippen LogP contribution in [0, 0.1) is 5.92 Å². The zero-order chi connectivity index (χ0) is 19.7. The molecular weight excluding hydrogens is 368 g/mol. The third-order valence-corrected chi connectivity index (χ3v) is 4.76. The summed E-state index contributed by atoms with van der Waals surface area (Å²) in [6, 6.07) is 4.02. The van der Waals surface area contributed by atoms with Crippen LogP contribution in [0.3, 0.4) is 0 Å². The summed E-state index contributed by atoms with van der Waals surface area (Å²) in [7, 11) is 0. The van der Waals surface area contributed by atoms with Crippen molar-refractivity contribution in [3.63, 3.8) is 0 Å². The van der Waals surface area contributed by atoms with Gasteiger partial charge in [-0.1, -0.05) is 0 Å². The Hall–Kier alpha value is -3.56. The summed E-state index contributed by atoms with van der Waals surface area (Å²) in [6.45, 7) is 0.297. The number of benzene rings is 1. The van der Waals surface area contributed by atoms with Gasteiger partial charge in [0.25, 0.3) is 0 Å². The molecule has 1 saturated heterocycles. The van der Waals surface area contributed by atoms with Gasteiger partial charge in [0.05, 0.1) is 12.2 Å². The Morgan fingerprint density at radius 3 is 2.93 bits per heavy atom. The molecule has 0 spiro atoms. The van der Waals surface area contributed by atoms with Crippen LogP contribution in [0.25, 0.3) is 0 Å². The van der Waals surface area contributed by atoms with E-state index in [1.807, 2.05) is 0 Å². The number of nitrogens with one attached hydrogen (secondary N) is 2. The highest BCUT2D eigenvalue weighted by Crippen LogP contribution is 2.37. The van der Waals surface area contributed by atoms with Crippen LogP contribution >= 0.6 is 0 Å². The molecule has 2 amide bonds. The lowest BCUT2D eigenvalue weighted by Gasteiger charge is -2.18. The summed E-state index contributed by atoms with van der Waals surface area (Å²) in [5.74, 6) is -1.32. The first-order chi connectivity index (χ1) is 13.5. The minimum absolute atomic E-state index is 0.0106. The van der Waals surface area contributed by atoms with Crippen molar-refractivity contribution in [2.24, 2.45) is 5.92 Å². The normalized spacial score (nSPS) is 18.9. The van der Waals surface area contributed by atoms with Gasteiger partial charge < -0.3 is 29.8 Å². The van der Waals surface area contributed by atoms with Crippen molar-refractivity contribution in [2.45, 2.75) is 18.9 Å². The Morgan fingerprint density at radius 2 is 2.18 bits per heavy atom. The van der Waals surface area contributed by atoms with E-state index in [4.69, 9.17) is 9.47 Å². The molecule has 10 heteroatoms. The highest BCUT2D eigenvalue weighted by atomic mass is 16.7. The third-order valence-electron chi connectivity index (χ3n) is 4.76. The Morgan fingerprint density at radius 1 is 1.36 bits per heavy atom. The quantitative estimate of drug-likeness (QED) is 0.650. The number of carboxylic acid groups (broad SMARTS) is 1. The van der Waals surface area contributed by atoms with E-state index in [1.54, 1.807) is 18.2 Å². The zero-order valence-electron chi connectivity index (χ0n) is 14.8. The second kappa shape index (κ2) is 7.22. The summed E-state index contributed by atoms with van der Waals surface area (Å²) in [5.41, 5.74) is 1.20. The molecular formula is C18H18N4O6. The maximum atomic E-state index is 12.6. The number of hydrogen-bond donors (Lipinski definition) is 3. The molecule has 2 unspecified atom stereocenters. The number of ether oxygens (including phenoxy) is 2. The minimum atomic E-state index is -1.15. The summed E-state index contributed by atoms with van der Waals surface area (Å²) in [5, 5.41) is 11.9. The molecule has 4 rings (SSSR count). The fraction of sp³-hybridized carbons (Fsp3) is 0.333. The summed E-state index contributed by atoms with van der Waals surface area (Å²) in [6.07, 6.45) is 3.03. The number of hydrogen-bond acceptors (Lipinski definition) is 6. The van der Waals surface area contributed by atoms with Gasteiger partial charge in [-0.2, -0.15) is 0 Å². The Bertz CT molecular complexity index is 913. The van der Waals surface area contributed by atoms with Crippen molar-refractivity contribution in [1.82, 2.24) is 15.3 Å². The second-order valence-electron chi connectivity index (χ2n) is 6.62. The van der Waals surface area contributed by atoms with Crippen LogP contribution in [-0.4, -0.2) is 52.2 Å². The van der Waals surface area contributed by atoms with E-state index >= 15 is 0 Å². The van der Waals surface area contributed by atoms with E-state index < -0.39 is 23.8 Å².